The van der Waals surface area contributed by atoms with E-state index >= 15 is 0 Å². The molecule has 1 amide bonds. The summed E-state index contributed by atoms with van der Waals surface area (Å²) >= 11 is 0. The second-order valence-electron chi connectivity index (χ2n) is 8.19. The number of rotatable bonds is 5. The van der Waals surface area contributed by atoms with Gasteiger partial charge in [0.2, 0.25) is 0 Å². The Kier molecular flexibility index (Phi) is 5.53. The molecule has 12 heteroatoms. The number of nitrogens with zero attached hydrogens (tertiary/aromatic N) is 6. The average molecular weight is 432 g/mol. The van der Waals surface area contributed by atoms with Crippen LogP contribution in [0.3, 0.4) is 0 Å². The number of nitrogens with one attached hydrogen (secondary N) is 2. The molecule has 1 aliphatic heterocycles. The molecule has 1 aliphatic rings. The number of carbonyl (C=O) groups excluding carboxylic acids is 1. The van der Waals surface area contributed by atoms with E-state index in [4.69, 9.17) is 23.5 Å². The summed E-state index contributed by atoms with van der Waals surface area (Å²) in [4.78, 5) is 21.5. The Hall–Kier alpha value is -3.40. The summed E-state index contributed by atoms with van der Waals surface area (Å²) in [5, 5.41) is 14.7. The zero-order chi connectivity index (χ0) is 23.0. The highest BCUT2D eigenvalue weighted by atomic mass is 16.1. The Morgan fingerprint density at radius 3 is 2.55 bits per heavy atom. The van der Waals surface area contributed by atoms with Crippen LogP contribution < -0.4 is 10.6 Å². The van der Waals surface area contributed by atoms with E-state index in [-0.39, 0.29) is 5.91 Å². The molecule has 1 saturated heterocycles. The summed E-state index contributed by atoms with van der Waals surface area (Å²) in [7, 11) is 17.0. The van der Waals surface area contributed by atoms with E-state index < -0.39 is 5.24 Å². The normalized spacial score (nSPS) is 15.0. The summed E-state index contributed by atoms with van der Waals surface area (Å²) < 4.78 is 3.14. The number of carbonyl (C=O) groups is 1. The van der Waals surface area contributed by atoms with Crippen molar-refractivity contribution >= 4 is 46.0 Å². The van der Waals surface area contributed by atoms with Gasteiger partial charge in [0, 0.05) is 35.7 Å². The van der Waals surface area contributed by atoms with Crippen molar-refractivity contribution in [3.05, 3.63) is 54.9 Å². The van der Waals surface area contributed by atoms with E-state index in [1.807, 2.05) is 10.7 Å². The minimum absolute atomic E-state index is 0.261. The lowest BCUT2D eigenvalue weighted by Gasteiger charge is -2.22. The van der Waals surface area contributed by atoms with Crippen molar-refractivity contribution in [3.63, 3.8) is 0 Å². The Balaban J connectivity index is 1.35. The number of pyridine rings is 2. The van der Waals surface area contributed by atoms with E-state index in [2.05, 4.69) is 30.8 Å². The molecule has 0 aliphatic carbocycles. The molecule has 2 N–H and O–H groups in total. The van der Waals surface area contributed by atoms with Crippen molar-refractivity contribution in [2.75, 3.05) is 18.4 Å². The van der Waals surface area contributed by atoms with Gasteiger partial charge in [0.1, 0.15) is 5.82 Å². The number of hydrogen-bond donors (Lipinski definition) is 2. The maximum absolute atomic E-state index is 12.8. The highest BCUT2D eigenvalue weighted by Gasteiger charge is 2.18. The molecule has 0 saturated carbocycles. The molecule has 33 heavy (non-hydrogen) atoms. The first kappa shape index (κ1) is 21.5. The number of aromatic nitrogens is 6. The van der Waals surface area contributed by atoms with Crippen LogP contribution in [-0.4, -0.2) is 72.1 Å². The minimum Gasteiger partial charge on any atom is -0.317 e. The number of anilines is 1. The summed E-state index contributed by atoms with van der Waals surface area (Å²) in [5.74, 6) is 0.169. The van der Waals surface area contributed by atoms with Crippen molar-refractivity contribution in [2.45, 2.75) is 24.1 Å². The first-order chi connectivity index (χ1) is 15.9. The van der Waals surface area contributed by atoms with Crippen LogP contribution in [0.25, 0.3) is 22.0 Å². The van der Waals surface area contributed by atoms with Gasteiger partial charge >= 0.3 is 0 Å². The lowest BCUT2D eigenvalue weighted by molar-refractivity contribution is 0.102. The van der Waals surface area contributed by atoms with Crippen LogP contribution in [0.1, 0.15) is 29.2 Å². The van der Waals surface area contributed by atoms with Crippen molar-refractivity contribution in [1.29, 1.82) is 0 Å². The number of hydrogen-bond acceptors (Lipinski definition) is 6. The fourth-order valence-corrected chi connectivity index (χ4v) is 3.85. The summed E-state index contributed by atoms with van der Waals surface area (Å²) in [6, 6.07) is 3.97. The monoisotopic (exact) mass is 432 g/mol. The third kappa shape index (κ3) is 4.56. The molecular formula is C21H19B3N8O. The lowest BCUT2D eigenvalue weighted by Crippen LogP contribution is -2.35. The van der Waals surface area contributed by atoms with Gasteiger partial charge in [-0.05, 0) is 48.7 Å². The fourth-order valence-electron chi connectivity index (χ4n) is 3.85. The molecule has 5 rings (SSSR count). The minimum atomic E-state index is -1.60. The molecule has 0 atom stereocenters. The second-order valence-corrected chi connectivity index (χ2v) is 8.19. The molecule has 1 fully saturated rings. The van der Waals surface area contributed by atoms with Gasteiger partial charge in [-0.2, -0.15) is 10.2 Å². The molecule has 0 unspecified atom stereocenters. The predicted octanol–water partition coefficient (Wildman–Crippen LogP) is 0.940. The third-order valence-electron chi connectivity index (χ3n) is 5.67. The van der Waals surface area contributed by atoms with E-state index in [0.717, 1.165) is 36.7 Å². The van der Waals surface area contributed by atoms with Crippen molar-refractivity contribution in [3.8, 4) is 11.3 Å². The van der Waals surface area contributed by atoms with E-state index in [0.29, 0.717) is 28.7 Å². The van der Waals surface area contributed by atoms with Crippen molar-refractivity contribution in [1.82, 2.24) is 34.8 Å². The quantitative estimate of drug-likeness (QED) is 0.456. The van der Waals surface area contributed by atoms with Gasteiger partial charge in [0.05, 0.1) is 53.2 Å². The van der Waals surface area contributed by atoms with Gasteiger partial charge in [-0.3, -0.25) is 19.1 Å². The maximum Gasteiger partial charge on any atom is 0.260 e. The Morgan fingerprint density at radius 1 is 1.00 bits per heavy atom. The van der Waals surface area contributed by atoms with Crippen LogP contribution >= 0.6 is 0 Å². The summed E-state index contributed by atoms with van der Waals surface area (Å²) in [5.41, 5.74) is 1.85. The molecule has 0 aromatic carbocycles. The van der Waals surface area contributed by atoms with Crippen LogP contribution in [0.15, 0.2) is 49.3 Å². The van der Waals surface area contributed by atoms with E-state index in [9.17, 15) is 4.79 Å². The van der Waals surface area contributed by atoms with E-state index in [1.54, 1.807) is 43.2 Å². The molecule has 158 valence electrons. The van der Waals surface area contributed by atoms with E-state index in [1.165, 1.54) is 4.68 Å². The Labute approximate surface area is 194 Å². The fraction of sp³-hybridized carbons (Fsp3) is 0.286. The average Bonchev–Trinajstić information content (AvgIpc) is 3.49. The van der Waals surface area contributed by atoms with Crippen LogP contribution in [0, 0.1) is 0 Å². The number of piperidine rings is 1. The molecule has 4 aromatic rings. The first-order valence-electron chi connectivity index (χ1n) is 10.6. The van der Waals surface area contributed by atoms with Crippen LogP contribution in [0.4, 0.5) is 5.82 Å². The van der Waals surface area contributed by atoms with Gasteiger partial charge in [0.15, 0.2) is 0 Å². The standard InChI is InChI=1S/C21H19B3N8O/c22-21(23,24)32-12-15(9-29-32)18-5-13-6-19(27-8-14(13)7-26-18)30-20(33)16-10-28-31(11-16)17-1-3-25-4-2-17/h5-12,17,25H,1-4H2,(H,27,30,33). The SMILES string of the molecule is [B]C([B])([B])n1cc(-c2cc3cc(NC(=O)c4cnn(C5CCNCC5)c4)ncc3cn2)cn1. The van der Waals surface area contributed by atoms with Crippen LogP contribution in [0.5, 0.6) is 0 Å². The third-order valence-corrected chi connectivity index (χ3v) is 5.67. The Bertz CT molecular complexity index is 1310. The first-order valence-corrected chi connectivity index (χ1v) is 10.6. The zero-order valence-electron chi connectivity index (χ0n) is 17.8. The zero-order valence-corrected chi connectivity index (χ0v) is 17.8. The predicted molar refractivity (Wildman–Crippen MR) is 127 cm³/mol. The number of amides is 1. The van der Waals surface area contributed by atoms with Crippen LogP contribution in [-0.2, 0) is 5.24 Å². The largest absolute Gasteiger partial charge is 0.317 e. The van der Waals surface area contributed by atoms with Crippen molar-refractivity contribution in [2.24, 2.45) is 0 Å². The molecule has 6 radical (unpaired) electrons. The van der Waals surface area contributed by atoms with Crippen LogP contribution in [0.2, 0.25) is 0 Å². The summed E-state index contributed by atoms with van der Waals surface area (Å²) in [6.45, 7) is 1.91. The van der Waals surface area contributed by atoms with Gasteiger partial charge in [0.25, 0.3) is 5.91 Å². The van der Waals surface area contributed by atoms with Gasteiger partial charge in [-0.1, -0.05) is 0 Å². The topological polar surface area (TPSA) is 103 Å². The molecular weight excluding hydrogens is 413 g/mol. The molecule has 4 aromatic heterocycles. The molecule has 0 spiro atoms. The highest BCUT2D eigenvalue weighted by Crippen LogP contribution is 2.24. The molecule has 0 bridgehead atoms. The maximum atomic E-state index is 12.8. The molecule has 9 nitrogen and oxygen atoms in total. The molecule has 5 heterocycles. The lowest BCUT2D eigenvalue weighted by atomic mass is 9.49. The number of fused-ring (bicyclic) bond motifs is 1. The summed E-state index contributed by atoms with van der Waals surface area (Å²) in [6.07, 6.45) is 11.9. The smallest absolute Gasteiger partial charge is 0.260 e. The van der Waals surface area contributed by atoms with Gasteiger partial charge < -0.3 is 10.6 Å². The van der Waals surface area contributed by atoms with Crippen molar-refractivity contribution < 1.29 is 4.79 Å². The van der Waals surface area contributed by atoms with Gasteiger partial charge in [-0.15, -0.1) is 0 Å². The second kappa shape index (κ2) is 8.51. The Morgan fingerprint density at radius 2 is 1.79 bits per heavy atom. The van der Waals surface area contributed by atoms with Gasteiger partial charge in [-0.25, -0.2) is 4.98 Å². The highest BCUT2D eigenvalue weighted by molar-refractivity contribution is 6.56.